The average Bonchev–Trinajstić information content (AvgIpc) is 3.11. The van der Waals surface area contributed by atoms with Crippen molar-refractivity contribution in [3.63, 3.8) is 0 Å². The third-order valence-corrected chi connectivity index (χ3v) is 5.60. The summed E-state index contributed by atoms with van der Waals surface area (Å²) >= 11 is 0. The molecule has 3 aromatic carbocycles. The number of imidazole rings is 1. The van der Waals surface area contributed by atoms with Gasteiger partial charge in [-0.05, 0) is 43.2 Å². The van der Waals surface area contributed by atoms with Gasteiger partial charge in [-0.3, -0.25) is 0 Å². The van der Waals surface area contributed by atoms with E-state index in [1.165, 1.54) is 55.0 Å². The minimum absolute atomic E-state index is 0.971. The lowest BCUT2D eigenvalue weighted by molar-refractivity contribution is -0.631. The molecule has 0 N–H and O–H groups in total. The molecule has 0 bridgehead atoms. The van der Waals surface area contributed by atoms with Crippen LogP contribution in [0.3, 0.4) is 0 Å². The highest BCUT2D eigenvalue weighted by Crippen LogP contribution is 2.38. The van der Waals surface area contributed by atoms with Crippen molar-refractivity contribution in [2.45, 2.75) is 20.4 Å². The van der Waals surface area contributed by atoms with Gasteiger partial charge >= 0.3 is 0 Å². The zero-order valence-electron chi connectivity index (χ0n) is 13.8. The molecule has 0 saturated carbocycles. The van der Waals surface area contributed by atoms with Crippen LogP contribution in [0.1, 0.15) is 16.7 Å². The summed E-state index contributed by atoms with van der Waals surface area (Å²) in [7, 11) is 0. The maximum atomic E-state index is 2.48. The molecule has 1 aliphatic heterocycles. The van der Waals surface area contributed by atoms with Gasteiger partial charge in [0, 0.05) is 16.3 Å². The molecule has 0 fully saturated rings. The SMILES string of the molecule is Cc1ccc2c(c1)n1c3ccccc3c3c(C)ccc4c3c1[n+]2C4. The van der Waals surface area contributed by atoms with Gasteiger partial charge in [-0.15, -0.1) is 0 Å². The van der Waals surface area contributed by atoms with Crippen LogP contribution in [-0.2, 0) is 6.54 Å². The number of benzene rings is 3. The van der Waals surface area contributed by atoms with Crippen LogP contribution < -0.4 is 4.57 Å². The van der Waals surface area contributed by atoms with Gasteiger partial charge in [0.15, 0.2) is 11.0 Å². The Kier molecular flexibility index (Phi) is 2.07. The molecule has 2 aromatic heterocycles. The van der Waals surface area contributed by atoms with E-state index in [-0.39, 0.29) is 0 Å². The highest BCUT2D eigenvalue weighted by atomic mass is 15.1. The van der Waals surface area contributed by atoms with Gasteiger partial charge in [0.25, 0.3) is 5.65 Å². The van der Waals surface area contributed by atoms with E-state index in [4.69, 9.17) is 0 Å². The molecule has 6 rings (SSSR count). The fourth-order valence-corrected chi connectivity index (χ4v) is 4.58. The molecule has 0 amide bonds. The lowest BCUT2D eigenvalue weighted by atomic mass is 9.98. The van der Waals surface area contributed by atoms with E-state index >= 15 is 0 Å². The van der Waals surface area contributed by atoms with Crippen LogP contribution in [-0.4, -0.2) is 4.40 Å². The topological polar surface area (TPSA) is 8.29 Å². The Hall–Kier alpha value is -2.87. The normalized spacial score (nSPS) is 13.2. The Morgan fingerprint density at radius 2 is 1.75 bits per heavy atom. The molecule has 0 aliphatic carbocycles. The molecule has 5 aromatic rings. The van der Waals surface area contributed by atoms with E-state index in [0.29, 0.717) is 0 Å². The first-order valence-corrected chi connectivity index (χ1v) is 8.51. The van der Waals surface area contributed by atoms with Crippen molar-refractivity contribution in [1.29, 1.82) is 0 Å². The van der Waals surface area contributed by atoms with Crippen LogP contribution in [0.25, 0.3) is 38.4 Å². The number of hydrogen-bond acceptors (Lipinski definition) is 0. The maximum absolute atomic E-state index is 2.48. The largest absolute Gasteiger partial charge is 0.296 e. The van der Waals surface area contributed by atoms with Crippen molar-refractivity contribution in [2.75, 3.05) is 0 Å². The van der Waals surface area contributed by atoms with Crippen molar-refractivity contribution in [1.82, 2.24) is 4.40 Å². The van der Waals surface area contributed by atoms with E-state index in [1.54, 1.807) is 0 Å². The number of aromatic nitrogens is 2. The summed E-state index contributed by atoms with van der Waals surface area (Å²) in [5, 5.41) is 4.20. The standard InChI is InChI=1S/C22H17N2/c1-13-7-10-18-19(11-13)24-17-6-4-3-5-16(17)20-14(2)8-9-15-12-23(18)22(24)21(15)20/h3-11H,12H2,1-2H3/q+1. The van der Waals surface area contributed by atoms with Gasteiger partial charge in [0.2, 0.25) is 0 Å². The van der Waals surface area contributed by atoms with Gasteiger partial charge < -0.3 is 0 Å². The first-order valence-electron chi connectivity index (χ1n) is 8.51. The van der Waals surface area contributed by atoms with Gasteiger partial charge in [-0.1, -0.05) is 36.4 Å². The number of aryl methyl sites for hydroxylation is 2. The molecule has 0 spiro atoms. The average molecular weight is 309 g/mol. The Morgan fingerprint density at radius 1 is 0.875 bits per heavy atom. The van der Waals surface area contributed by atoms with E-state index < -0.39 is 0 Å². The van der Waals surface area contributed by atoms with Gasteiger partial charge in [0.05, 0.1) is 5.39 Å². The molecule has 0 radical (unpaired) electrons. The molecule has 0 atom stereocenters. The molecule has 24 heavy (non-hydrogen) atoms. The quantitative estimate of drug-likeness (QED) is 0.285. The molecule has 1 aliphatic rings. The van der Waals surface area contributed by atoms with Gasteiger partial charge in [-0.2, -0.15) is 4.40 Å². The van der Waals surface area contributed by atoms with E-state index in [1.807, 2.05) is 0 Å². The van der Waals surface area contributed by atoms with Gasteiger partial charge in [-0.25, -0.2) is 4.57 Å². The van der Waals surface area contributed by atoms with Crippen LogP contribution in [0.4, 0.5) is 0 Å². The Labute approximate surface area is 139 Å². The third kappa shape index (κ3) is 1.28. The number of rotatable bonds is 0. The fraction of sp³-hybridized carbons (Fsp3) is 0.136. The van der Waals surface area contributed by atoms with Crippen molar-refractivity contribution >= 4 is 38.4 Å². The molecule has 114 valence electrons. The first-order chi connectivity index (χ1) is 11.7. The predicted octanol–water partition coefficient (Wildman–Crippen LogP) is 4.66. The summed E-state index contributed by atoms with van der Waals surface area (Å²) in [6.45, 7) is 5.38. The monoisotopic (exact) mass is 309 g/mol. The molecule has 2 heteroatoms. The second-order valence-corrected chi connectivity index (χ2v) is 7.05. The summed E-state index contributed by atoms with van der Waals surface area (Å²) in [6, 6.07) is 20.2. The molecule has 2 nitrogen and oxygen atoms in total. The van der Waals surface area contributed by atoms with Crippen molar-refractivity contribution in [2.24, 2.45) is 0 Å². The highest BCUT2D eigenvalue weighted by Gasteiger charge is 2.31. The Morgan fingerprint density at radius 3 is 2.67 bits per heavy atom. The second kappa shape index (κ2) is 3.96. The molecule has 3 heterocycles. The van der Waals surface area contributed by atoms with Crippen LogP contribution >= 0.6 is 0 Å². The van der Waals surface area contributed by atoms with Crippen LogP contribution in [0.15, 0.2) is 54.6 Å². The zero-order valence-corrected chi connectivity index (χ0v) is 13.8. The van der Waals surface area contributed by atoms with Crippen LogP contribution in [0, 0.1) is 13.8 Å². The number of fused-ring (bicyclic) bond motifs is 6. The Bertz CT molecular complexity index is 1340. The molecular formula is C22H17N2+. The fourth-order valence-electron chi connectivity index (χ4n) is 4.58. The minimum atomic E-state index is 0.971. The van der Waals surface area contributed by atoms with E-state index in [2.05, 4.69) is 77.4 Å². The summed E-state index contributed by atoms with van der Waals surface area (Å²) in [6.07, 6.45) is 0. The lowest BCUT2D eigenvalue weighted by Gasteiger charge is -2.07. The highest BCUT2D eigenvalue weighted by molar-refractivity contribution is 6.15. The second-order valence-electron chi connectivity index (χ2n) is 7.05. The maximum Gasteiger partial charge on any atom is 0.296 e. The number of para-hydroxylation sites is 1. The Balaban J connectivity index is 2.10. The van der Waals surface area contributed by atoms with E-state index in [9.17, 15) is 0 Å². The summed E-state index contributed by atoms with van der Waals surface area (Å²) in [5.74, 6) is 0. The van der Waals surface area contributed by atoms with Crippen LogP contribution in [0.5, 0.6) is 0 Å². The molecule has 0 saturated heterocycles. The number of pyridine rings is 1. The van der Waals surface area contributed by atoms with Crippen molar-refractivity contribution in [3.05, 3.63) is 71.3 Å². The molecule has 0 unspecified atom stereocenters. The smallest absolute Gasteiger partial charge is 0.218 e. The summed E-state index contributed by atoms with van der Waals surface area (Å²) in [4.78, 5) is 0. The minimum Gasteiger partial charge on any atom is -0.218 e. The first kappa shape index (κ1) is 12.5. The number of nitrogens with zero attached hydrogens (tertiary/aromatic N) is 2. The van der Waals surface area contributed by atoms with Gasteiger partial charge in [0.1, 0.15) is 12.1 Å². The van der Waals surface area contributed by atoms with Crippen molar-refractivity contribution in [3.8, 4) is 0 Å². The lowest BCUT2D eigenvalue weighted by Crippen LogP contribution is -2.30. The summed E-state index contributed by atoms with van der Waals surface area (Å²) in [5.41, 5.74) is 9.41. The zero-order chi connectivity index (χ0) is 16.0. The third-order valence-electron chi connectivity index (χ3n) is 5.60. The van der Waals surface area contributed by atoms with Crippen LogP contribution in [0.2, 0.25) is 0 Å². The number of hydrogen-bond donors (Lipinski definition) is 0. The summed E-state index contributed by atoms with van der Waals surface area (Å²) < 4.78 is 4.95. The predicted molar refractivity (Wildman–Crippen MR) is 98.7 cm³/mol. The van der Waals surface area contributed by atoms with Crippen molar-refractivity contribution < 1.29 is 4.57 Å². The van der Waals surface area contributed by atoms with E-state index in [0.717, 1.165) is 6.54 Å². The molecular weight excluding hydrogens is 292 g/mol.